The summed E-state index contributed by atoms with van der Waals surface area (Å²) in [7, 11) is 0. The molecule has 0 saturated heterocycles. The number of thioether (sulfide) groups is 1. The van der Waals surface area contributed by atoms with Gasteiger partial charge in [0, 0.05) is 18.3 Å². The molecule has 0 atom stereocenters. The Kier molecular flexibility index (Phi) is 5.80. The fourth-order valence-corrected chi connectivity index (χ4v) is 2.50. The minimum atomic E-state index is -0.0127. The lowest BCUT2D eigenvalue weighted by Gasteiger charge is -2.05. The third-order valence-corrected chi connectivity index (χ3v) is 3.76. The average Bonchev–Trinajstić information content (AvgIpc) is 2.53. The van der Waals surface area contributed by atoms with Crippen molar-refractivity contribution in [1.29, 1.82) is 5.26 Å². The van der Waals surface area contributed by atoms with Crippen molar-refractivity contribution in [3.05, 3.63) is 54.2 Å². The number of hydrogen-bond acceptors (Lipinski definition) is 4. The Bertz CT molecular complexity index is 620. The molecule has 4 nitrogen and oxygen atoms in total. The molecule has 1 N–H and O–H groups in total. The molecule has 0 saturated carbocycles. The minimum Gasteiger partial charge on any atom is -0.326 e. The summed E-state index contributed by atoms with van der Waals surface area (Å²) in [5, 5.41) is 12.5. The molecule has 0 aliphatic heterocycles. The molecule has 0 aliphatic carbocycles. The van der Waals surface area contributed by atoms with Crippen LogP contribution in [0.25, 0.3) is 0 Å². The standard InChI is InChI=1S/C16H15N3OS/c17-12-13-6-8-14(9-7-13)19-15(20)4-3-11-21-16-5-1-2-10-18-16/h1-2,5-10H,3-4,11H2,(H,19,20). The first-order valence-corrected chi connectivity index (χ1v) is 7.60. The monoisotopic (exact) mass is 297 g/mol. The Morgan fingerprint density at radius 2 is 2.05 bits per heavy atom. The largest absolute Gasteiger partial charge is 0.326 e. The third-order valence-electron chi connectivity index (χ3n) is 2.73. The molecule has 2 aromatic rings. The zero-order valence-corrected chi connectivity index (χ0v) is 12.3. The molecular weight excluding hydrogens is 282 g/mol. The van der Waals surface area contributed by atoms with Crippen LogP contribution in [0.3, 0.4) is 0 Å². The zero-order chi connectivity index (χ0) is 14.9. The number of pyridine rings is 1. The Morgan fingerprint density at radius 3 is 2.71 bits per heavy atom. The van der Waals surface area contributed by atoms with Crippen molar-refractivity contribution in [3.8, 4) is 6.07 Å². The van der Waals surface area contributed by atoms with E-state index in [9.17, 15) is 4.79 Å². The highest BCUT2D eigenvalue weighted by molar-refractivity contribution is 7.99. The second kappa shape index (κ2) is 8.08. The molecule has 1 aromatic heterocycles. The number of carbonyl (C=O) groups is 1. The Hall–Kier alpha value is -2.32. The molecule has 1 amide bonds. The lowest BCUT2D eigenvalue weighted by Crippen LogP contribution is -2.11. The normalized spacial score (nSPS) is 9.86. The summed E-state index contributed by atoms with van der Waals surface area (Å²) in [4.78, 5) is 16.0. The summed E-state index contributed by atoms with van der Waals surface area (Å²) in [6, 6.07) is 14.7. The van der Waals surface area contributed by atoms with Gasteiger partial charge in [0.2, 0.25) is 5.91 Å². The molecule has 0 fully saturated rings. The van der Waals surface area contributed by atoms with E-state index in [1.165, 1.54) is 0 Å². The molecule has 21 heavy (non-hydrogen) atoms. The molecule has 1 heterocycles. The van der Waals surface area contributed by atoms with E-state index in [2.05, 4.69) is 10.3 Å². The van der Waals surface area contributed by atoms with Crippen LogP contribution in [-0.4, -0.2) is 16.6 Å². The van der Waals surface area contributed by atoms with Gasteiger partial charge in [-0.3, -0.25) is 4.79 Å². The summed E-state index contributed by atoms with van der Waals surface area (Å²) in [6.45, 7) is 0. The number of carbonyl (C=O) groups excluding carboxylic acids is 1. The van der Waals surface area contributed by atoms with Crippen molar-refractivity contribution in [3.63, 3.8) is 0 Å². The van der Waals surface area contributed by atoms with Gasteiger partial charge in [-0.15, -0.1) is 11.8 Å². The van der Waals surface area contributed by atoms with Crippen molar-refractivity contribution in [2.24, 2.45) is 0 Å². The van der Waals surface area contributed by atoms with Gasteiger partial charge >= 0.3 is 0 Å². The van der Waals surface area contributed by atoms with Gasteiger partial charge in [-0.2, -0.15) is 5.26 Å². The van der Waals surface area contributed by atoms with Crippen molar-refractivity contribution in [2.45, 2.75) is 17.9 Å². The number of aromatic nitrogens is 1. The Morgan fingerprint density at radius 1 is 1.24 bits per heavy atom. The molecule has 0 unspecified atom stereocenters. The van der Waals surface area contributed by atoms with Gasteiger partial charge in [-0.05, 0) is 48.6 Å². The first-order chi connectivity index (χ1) is 10.3. The topological polar surface area (TPSA) is 65.8 Å². The average molecular weight is 297 g/mol. The summed E-state index contributed by atoms with van der Waals surface area (Å²) in [6.07, 6.45) is 3.03. The van der Waals surface area contributed by atoms with Gasteiger partial charge < -0.3 is 5.32 Å². The molecule has 106 valence electrons. The number of amides is 1. The van der Waals surface area contributed by atoms with Crippen molar-refractivity contribution in [2.75, 3.05) is 11.1 Å². The van der Waals surface area contributed by atoms with Gasteiger partial charge in [0.1, 0.15) is 0 Å². The summed E-state index contributed by atoms with van der Waals surface area (Å²) in [5.74, 6) is 0.846. The van der Waals surface area contributed by atoms with Gasteiger partial charge in [-0.1, -0.05) is 6.07 Å². The summed E-state index contributed by atoms with van der Waals surface area (Å²) in [5.41, 5.74) is 1.30. The number of anilines is 1. The second-order valence-corrected chi connectivity index (χ2v) is 5.47. The van der Waals surface area contributed by atoms with Crippen LogP contribution < -0.4 is 5.32 Å². The van der Waals surface area contributed by atoms with E-state index in [0.717, 1.165) is 22.9 Å². The van der Waals surface area contributed by atoms with Gasteiger partial charge in [0.25, 0.3) is 0 Å². The summed E-state index contributed by atoms with van der Waals surface area (Å²) < 4.78 is 0. The highest BCUT2D eigenvalue weighted by atomic mass is 32.2. The second-order valence-electron chi connectivity index (χ2n) is 4.36. The smallest absolute Gasteiger partial charge is 0.224 e. The van der Waals surface area contributed by atoms with Crippen LogP contribution in [0.4, 0.5) is 5.69 Å². The maximum Gasteiger partial charge on any atom is 0.224 e. The Labute approximate surface area is 128 Å². The molecule has 0 aliphatic rings. The van der Waals surface area contributed by atoms with E-state index in [1.54, 1.807) is 42.2 Å². The molecule has 5 heteroatoms. The van der Waals surface area contributed by atoms with E-state index >= 15 is 0 Å². The number of nitriles is 1. The maximum absolute atomic E-state index is 11.8. The number of nitrogens with zero attached hydrogens (tertiary/aromatic N) is 2. The third kappa shape index (κ3) is 5.28. The SMILES string of the molecule is N#Cc1ccc(NC(=O)CCCSc2ccccn2)cc1. The molecular formula is C16H15N3OS. The maximum atomic E-state index is 11.8. The van der Waals surface area contributed by atoms with Crippen LogP contribution >= 0.6 is 11.8 Å². The lowest BCUT2D eigenvalue weighted by molar-refractivity contribution is -0.116. The van der Waals surface area contributed by atoms with Crippen LogP contribution in [-0.2, 0) is 4.79 Å². The first kappa shape index (κ1) is 15.1. The molecule has 0 radical (unpaired) electrons. The van der Waals surface area contributed by atoms with E-state index < -0.39 is 0 Å². The van der Waals surface area contributed by atoms with Crippen molar-refractivity contribution in [1.82, 2.24) is 4.98 Å². The highest BCUT2D eigenvalue weighted by Crippen LogP contribution is 2.16. The van der Waals surface area contributed by atoms with Crippen LogP contribution in [0.5, 0.6) is 0 Å². The summed E-state index contributed by atoms with van der Waals surface area (Å²) >= 11 is 1.65. The van der Waals surface area contributed by atoms with Gasteiger partial charge in [0.05, 0.1) is 16.7 Å². The predicted octanol–water partition coefficient (Wildman–Crippen LogP) is 3.46. The number of benzene rings is 1. The molecule has 1 aromatic carbocycles. The highest BCUT2D eigenvalue weighted by Gasteiger charge is 2.03. The van der Waals surface area contributed by atoms with E-state index in [-0.39, 0.29) is 5.91 Å². The van der Waals surface area contributed by atoms with E-state index in [4.69, 9.17) is 5.26 Å². The van der Waals surface area contributed by atoms with Crippen LogP contribution in [0.15, 0.2) is 53.7 Å². The van der Waals surface area contributed by atoms with Gasteiger partial charge in [0.15, 0.2) is 0 Å². The van der Waals surface area contributed by atoms with E-state index in [1.807, 2.05) is 24.3 Å². The van der Waals surface area contributed by atoms with Gasteiger partial charge in [-0.25, -0.2) is 4.98 Å². The lowest BCUT2D eigenvalue weighted by atomic mass is 10.2. The number of nitrogens with one attached hydrogen (secondary N) is 1. The van der Waals surface area contributed by atoms with Crippen molar-refractivity contribution >= 4 is 23.4 Å². The quantitative estimate of drug-likeness (QED) is 0.655. The predicted molar refractivity (Wildman–Crippen MR) is 84.0 cm³/mol. The van der Waals surface area contributed by atoms with Crippen LogP contribution in [0.2, 0.25) is 0 Å². The van der Waals surface area contributed by atoms with Crippen molar-refractivity contribution < 1.29 is 4.79 Å². The number of hydrogen-bond donors (Lipinski definition) is 1. The molecule has 0 spiro atoms. The van der Waals surface area contributed by atoms with E-state index in [0.29, 0.717) is 12.0 Å². The first-order valence-electron chi connectivity index (χ1n) is 6.62. The van der Waals surface area contributed by atoms with Crippen LogP contribution in [0.1, 0.15) is 18.4 Å². The van der Waals surface area contributed by atoms with Crippen LogP contribution in [0, 0.1) is 11.3 Å². The molecule has 0 bridgehead atoms. The zero-order valence-electron chi connectivity index (χ0n) is 11.5. The fourth-order valence-electron chi connectivity index (χ4n) is 1.69. The fraction of sp³-hybridized carbons (Fsp3) is 0.188. The molecule has 2 rings (SSSR count). The Balaban J connectivity index is 1.69. The minimum absolute atomic E-state index is 0.0127. The number of rotatable bonds is 6.